The molecule has 1 heterocycles. The first-order valence-corrected chi connectivity index (χ1v) is 8.84. The van der Waals surface area contributed by atoms with Gasteiger partial charge in [-0.2, -0.15) is 0 Å². The quantitative estimate of drug-likeness (QED) is 0.861. The van der Waals surface area contributed by atoms with Gasteiger partial charge in [-0.05, 0) is 48.4 Å². The van der Waals surface area contributed by atoms with Gasteiger partial charge in [-0.15, -0.1) is 0 Å². The summed E-state index contributed by atoms with van der Waals surface area (Å²) in [5.41, 5.74) is 2.01. The van der Waals surface area contributed by atoms with Crippen molar-refractivity contribution >= 4 is 11.6 Å². The van der Waals surface area contributed by atoms with Crippen LogP contribution in [0, 0.1) is 11.6 Å². The maximum Gasteiger partial charge on any atom is 0.234 e. The molecule has 0 saturated carbocycles. The van der Waals surface area contributed by atoms with Crippen LogP contribution >= 0.6 is 0 Å². The molecule has 0 radical (unpaired) electrons. The Morgan fingerprint density at radius 3 is 2.08 bits per heavy atom. The van der Waals surface area contributed by atoms with Crippen molar-refractivity contribution in [3.05, 3.63) is 65.7 Å². The van der Waals surface area contributed by atoms with Gasteiger partial charge in [0.15, 0.2) is 0 Å². The summed E-state index contributed by atoms with van der Waals surface area (Å²) < 4.78 is 25.9. The number of carbonyl (C=O) groups excluding carboxylic acids is 1. The highest BCUT2D eigenvalue weighted by molar-refractivity contribution is 5.78. The van der Waals surface area contributed by atoms with Crippen LogP contribution in [-0.2, 0) is 11.2 Å². The van der Waals surface area contributed by atoms with Crippen LogP contribution in [0.3, 0.4) is 0 Å². The Morgan fingerprint density at radius 2 is 1.46 bits per heavy atom. The monoisotopic (exact) mass is 359 g/mol. The van der Waals surface area contributed by atoms with Crippen LogP contribution < -0.4 is 10.2 Å². The molecule has 2 aromatic rings. The lowest BCUT2D eigenvalue weighted by atomic mass is 10.1. The van der Waals surface area contributed by atoms with Crippen LogP contribution in [0.25, 0.3) is 0 Å². The lowest BCUT2D eigenvalue weighted by molar-refractivity contribution is -0.122. The van der Waals surface area contributed by atoms with Crippen molar-refractivity contribution in [2.24, 2.45) is 0 Å². The smallest absolute Gasteiger partial charge is 0.234 e. The molecule has 1 fully saturated rings. The summed E-state index contributed by atoms with van der Waals surface area (Å²) >= 11 is 0. The SMILES string of the molecule is O=C(CN1CCN(c2ccc(F)cc2)CC1)NCCc1ccc(F)cc1. The van der Waals surface area contributed by atoms with Crippen molar-refractivity contribution < 1.29 is 13.6 Å². The molecule has 4 nitrogen and oxygen atoms in total. The average molecular weight is 359 g/mol. The van der Waals surface area contributed by atoms with Gasteiger partial charge in [-0.25, -0.2) is 8.78 Å². The van der Waals surface area contributed by atoms with E-state index < -0.39 is 0 Å². The molecule has 1 aliphatic heterocycles. The highest BCUT2D eigenvalue weighted by Gasteiger charge is 2.19. The summed E-state index contributed by atoms with van der Waals surface area (Å²) in [6.07, 6.45) is 0.685. The molecule has 2 aromatic carbocycles. The van der Waals surface area contributed by atoms with Gasteiger partial charge in [0.25, 0.3) is 0 Å². The van der Waals surface area contributed by atoms with E-state index in [4.69, 9.17) is 0 Å². The summed E-state index contributed by atoms with van der Waals surface area (Å²) in [6.45, 7) is 4.13. The van der Waals surface area contributed by atoms with Gasteiger partial charge in [-0.3, -0.25) is 9.69 Å². The predicted octanol–water partition coefficient (Wildman–Crippen LogP) is 2.45. The molecule has 0 atom stereocenters. The molecule has 0 unspecified atom stereocenters. The second-order valence-corrected chi connectivity index (χ2v) is 6.47. The van der Waals surface area contributed by atoms with Crippen LogP contribution in [0.5, 0.6) is 0 Å². The molecular weight excluding hydrogens is 336 g/mol. The Kier molecular flexibility index (Phi) is 6.17. The number of amides is 1. The third kappa shape index (κ3) is 5.26. The lowest BCUT2D eigenvalue weighted by Crippen LogP contribution is -2.49. The predicted molar refractivity (Wildman–Crippen MR) is 98.2 cm³/mol. The number of anilines is 1. The first-order chi connectivity index (χ1) is 12.6. The minimum Gasteiger partial charge on any atom is -0.369 e. The van der Waals surface area contributed by atoms with Crippen molar-refractivity contribution in [3.63, 3.8) is 0 Å². The number of nitrogens with one attached hydrogen (secondary N) is 1. The number of hydrogen-bond donors (Lipinski definition) is 1. The van der Waals surface area contributed by atoms with E-state index in [0.29, 0.717) is 19.5 Å². The van der Waals surface area contributed by atoms with Gasteiger partial charge >= 0.3 is 0 Å². The lowest BCUT2D eigenvalue weighted by Gasteiger charge is -2.35. The minimum atomic E-state index is -0.252. The van der Waals surface area contributed by atoms with E-state index >= 15 is 0 Å². The third-order valence-electron chi connectivity index (χ3n) is 4.58. The number of halogens is 2. The number of rotatable bonds is 6. The zero-order chi connectivity index (χ0) is 18.4. The molecule has 138 valence electrons. The highest BCUT2D eigenvalue weighted by atomic mass is 19.1. The Labute approximate surface area is 152 Å². The van der Waals surface area contributed by atoms with Crippen molar-refractivity contribution in [1.82, 2.24) is 10.2 Å². The number of hydrogen-bond acceptors (Lipinski definition) is 3. The molecular formula is C20H23F2N3O. The first-order valence-electron chi connectivity index (χ1n) is 8.84. The molecule has 0 aromatic heterocycles. The number of carbonyl (C=O) groups is 1. The van der Waals surface area contributed by atoms with E-state index in [1.54, 1.807) is 24.3 Å². The minimum absolute atomic E-state index is 0.00217. The molecule has 0 bridgehead atoms. The molecule has 0 spiro atoms. The van der Waals surface area contributed by atoms with Gasteiger partial charge in [-0.1, -0.05) is 12.1 Å². The average Bonchev–Trinajstić information content (AvgIpc) is 2.65. The van der Waals surface area contributed by atoms with E-state index in [2.05, 4.69) is 15.1 Å². The zero-order valence-electron chi connectivity index (χ0n) is 14.6. The van der Waals surface area contributed by atoms with Gasteiger partial charge in [0, 0.05) is 38.4 Å². The van der Waals surface area contributed by atoms with E-state index in [1.165, 1.54) is 24.3 Å². The van der Waals surface area contributed by atoms with Crippen LogP contribution in [0.4, 0.5) is 14.5 Å². The zero-order valence-corrected chi connectivity index (χ0v) is 14.6. The van der Waals surface area contributed by atoms with E-state index in [9.17, 15) is 13.6 Å². The Balaban J connectivity index is 1.36. The number of piperazine rings is 1. The van der Waals surface area contributed by atoms with E-state index in [1.807, 2.05) is 0 Å². The van der Waals surface area contributed by atoms with E-state index in [0.717, 1.165) is 37.4 Å². The maximum atomic E-state index is 13.0. The summed E-state index contributed by atoms with van der Waals surface area (Å²) in [5, 5.41) is 2.91. The van der Waals surface area contributed by atoms with Gasteiger partial charge in [0.1, 0.15) is 11.6 Å². The fourth-order valence-electron chi connectivity index (χ4n) is 3.07. The Morgan fingerprint density at radius 1 is 0.885 bits per heavy atom. The van der Waals surface area contributed by atoms with Crippen molar-refractivity contribution in [2.45, 2.75) is 6.42 Å². The molecule has 26 heavy (non-hydrogen) atoms. The van der Waals surface area contributed by atoms with Crippen molar-refractivity contribution in [2.75, 3.05) is 44.2 Å². The van der Waals surface area contributed by atoms with Gasteiger partial charge in [0.2, 0.25) is 5.91 Å². The highest BCUT2D eigenvalue weighted by Crippen LogP contribution is 2.16. The molecule has 0 aliphatic carbocycles. The van der Waals surface area contributed by atoms with Crippen LogP contribution in [-0.4, -0.2) is 50.1 Å². The largest absolute Gasteiger partial charge is 0.369 e. The molecule has 1 amide bonds. The van der Waals surface area contributed by atoms with Crippen LogP contribution in [0.15, 0.2) is 48.5 Å². The second kappa shape index (κ2) is 8.76. The summed E-state index contributed by atoms with van der Waals surface area (Å²) in [5.74, 6) is -0.482. The number of benzene rings is 2. The molecule has 3 rings (SSSR count). The van der Waals surface area contributed by atoms with Crippen molar-refractivity contribution in [3.8, 4) is 0 Å². The Hall–Kier alpha value is -2.47. The van der Waals surface area contributed by atoms with Crippen molar-refractivity contribution in [1.29, 1.82) is 0 Å². The summed E-state index contributed by atoms with van der Waals surface area (Å²) in [4.78, 5) is 16.4. The first kappa shape index (κ1) is 18.3. The van der Waals surface area contributed by atoms with Gasteiger partial charge < -0.3 is 10.2 Å². The summed E-state index contributed by atoms with van der Waals surface area (Å²) in [7, 11) is 0. The standard InChI is InChI=1S/C20H23F2N3O/c21-17-3-1-16(2-4-17)9-10-23-20(26)15-24-11-13-25(14-12-24)19-7-5-18(22)6-8-19/h1-8H,9-15H2,(H,23,26). The molecule has 6 heteroatoms. The van der Waals surface area contributed by atoms with Crippen LogP contribution in [0.2, 0.25) is 0 Å². The van der Waals surface area contributed by atoms with E-state index in [-0.39, 0.29) is 17.5 Å². The topological polar surface area (TPSA) is 35.6 Å². The van der Waals surface area contributed by atoms with Gasteiger partial charge in [0.05, 0.1) is 6.54 Å². The fourth-order valence-corrected chi connectivity index (χ4v) is 3.07. The third-order valence-corrected chi connectivity index (χ3v) is 4.58. The molecule has 1 N–H and O–H groups in total. The Bertz CT molecular complexity index is 711. The number of nitrogens with zero attached hydrogens (tertiary/aromatic N) is 2. The molecule has 1 saturated heterocycles. The van der Waals surface area contributed by atoms with Crippen LogP contribution in [0.1, 0.15) is 5.56 Å². The summed E-state index contributed by atoms with van der Waals surface area (Å²) in [6, 6.07) is 12.8. The maximum absolute atomic E-state index is 13.0. The second-order valence-electron chi connectivity index (χ2n) is 6.47. The molecule has 1 aliphatic rings. The normalized spacial score (nSPS) is 15.1. The fraction of sp³-hybridized carbons (Fsp3) is 0.350.